The van der Waals surface area contributed by atoms with Crippen LogP contribution in [0.25, 0.3) is 5.65 Å². The molecule has 2 aromatic rings. The number of aromatic amines is 1. The molecule has 8 nitrogen and oxygen atoms in total. The first-order valence-electron chi connectivity index (χ1n) is 5.75. The van der Waals surface area contributed by atoms with Crippen LogP contribution in [0.1, 0.15) is 26.6 Å². The van der Waals surface area contributed by atoms with Crippen molar-refractivity contribution >= 4 is 11.7 Å². The molecule has 0 bridgehead atoms. The Kier molecular flexibility index (Phi) is 3.24. The Morgan fingerprint density at radius 2 is 2.21 bits per heavy atom. The summed E-state index contributed by atoms with van der Waals surface area (Å²) in [5, 5.41) is 10.2. The second kappa shape index (κ2) is 4.71. The van der Waals surface area contributed by atoms with E-state index in [2.05, 4.69) is 20.5 Å². The van der Waals surface area contributed by atoms with Crippen molar-refractivity contribution in [2.24, 2.45) is 0 Å². The lowest BCUT2D eigenvalue weighted by molar-refractivity contribution is 0.0522. The number of nitrogens with zero attached hydrogens (tertiary/aromatic N) is 3. The van der Waals surface area contributed by atoms with Crippen molar-refractivity contribution in [2.75, 3.05) is 0 Å². The molecule has 0 spiro atoms. The monoisotopic (exact) mass is 265 g/mol. The fourth-order valence-corrected chi connectivity index (χ4v) is 1.47. The minimum Gasteiger partial charge on any atom is -0.444 e. The highest BCUT2D eigenvalue weighted by Crippen LogP contribution is 2.06. The number of nitrogens with one attached hydrogen (secondary N) is 2. The van der Waals surface area contributed by atoms with Crippen LogP contribution in [0, 0.1) is 0 Å². The molecular formula is C11H15N5O3. The van der Waals surface area contributed by atoms with Crippen LogP contribution in [0.2, 0.25) is 0 Å². The van der Waals surface area contributed by atoms with E-state index in [0.29, 0.717) is 5.82 Å². The third-order valence-corrected chi connectivity index (χ3v) is 2.20. The van der Waals surface area contributed by atoms with Gasteiger partial charge < -0.3 is 15.0 Å². The van der Waals surface area contributed by atoms with E-state index in [-0.39, 0.29) is 17.8 Å². The maximum Gasteiger partial charge on any atom is 0.408 e. The fourth-order valence-electron chi connectivity index (χ4n) is 1.47. The molecule has 0 radical (unpaired) electrons. The zero-order chi connectivity index (χ0) is 14.0. The molecule has 0 saturated heterocycles. The Balaban J connectivity index is 2.09. The third kappa shape index (κ3) is 3.09. The van der Waals surface area contributed by atoms with E-state index in [9.17, 15) is 9.59 Å². The first kappa shape index (κ1) is 13.1. The van der Waals surface area contributed by atoms with E-state index in [1.807, 2.05) is 0 Å². The van der Waals surface area contributed by atoms with Crippen molar-refractivity contribution in [1.82, 2.24) is 24.9 Å². The van der Waals surface area contributed by atoms with E-state index in [4.69, 9.17) is 4.74 Å². The first-order valence-corrected chi connectivity index (χ1v) is 5.75. The Labute approximate surface area is 108 Å². The molecule has 0 aliphatic carbocycles. The van der Waals surface area contributed by atoms with Crippen LogP contribution in [0.3, 0.4) is 0 Å². The molecule has 0 atom stereocenters. The van der Waals surface area contributed by atoms with Gasteiger partial charge in [0.2, 0.25) is 5.65 Å². The van der Waals surface area contributed by atoms with Crippen molar-refractivity contribution < 1.29 is 9.53 Å². The van der Waals surface area contributed by atoms with Gasteiger partial charge in [-0.05, 0) is 20.8 Å². The minimum absolute atomic E-state index is 0.125. The molecule has 102 valence electrons. The zero-order valence-corrected chi connectivity index (χ0v) is 10.9. The van der Waals surface area contributed by atoms with Gasteiger partial charge in [0.25, 0.3) is 5.56 Å². The lowest BCUT2D eigenvalue weighted by Crippen LogP contribution is -2.32. The Morgan fingerprint density at radius 3 is 2.89 bits per heavy atom. The van der Waals surface area contributed by atoms with Gasteiger partial charge in [-0.25, -0.2) is 4.79 Å². The van der Waals surface area contributed by atoms with Crippen LogP contribution in [0.15, 0.2) is 17.2 Å². The van der Waals surface area contributed by atoms with Gasteiger partial charge in [0.1, 0.15) is 5.60 Å². The Bertz CT molecular complexity index is 652. The molecule has 8 heteroatoms. The molecule has 2 heterocycles. The summed E-state index contributed by atoms with van der Waals surface area (Å²) in [7, 11) is 0. The van der Waals surface area contributed by atoms with E-state index >= 15 is 0 Å². The molecule has 2 aromatic heterocycles. The van der Waals surface area contributed by atoms with Crippen LogP contribution in [0.4, 0.5) is 4.79 Å². The van der Waals surface area contributed by atoms with Crippen LogP contribution >= 0.6 is 0 Å². The van der Waals surface area contributed by atoms with Crippen molar-refractivity contribution in [3.05, 3.63) is 28.6 Å². The highest BCUT2D eigenvalue weighted by molar-refractivity contribution is 5.67. The van der Waals surface area contributed by atoms with Gasteiger partial charge >= 0.3 is 6.09 Å². The molecule has 0 unspecified atom stereocenters. The highest BCUT2D eigenvalue weighted by Gasteiger charge is 2.16. The standard InChI is InChI=1S/C11H15N5O3/c1-11(2,3)19-10(18)13-6-7-14-15-8-9(17)12-4-5-16(7)8/h4-5H,6H2,1-3H3,(H,12,17)(H,13,18). The minimum atomic E-state index is -0.561. The normalized spacial score (nSPS) is 11.5. The van der Waals surface area contributed by atoms with Crippen molar-refractivity contribution in [1.29, 1.82) is 0 Å². The summed E-state index contributed by atoms with van der Waals surface area (Å²) in [5.74, 6) is 0.451. The summed E-state index contributed by atoms with van der Waals surface area (Å²) in [6, 6.07) is 0. The van der Waals surface area contributed by atoms with Crippen molar-refractivity contribution in [2.45, 2.75) is 32.9 Å². The van der Waals surface area contributed by atoms with Crippen LogP contribution in [-0.4, -0.2) is 31.3 Å². The van der Waals surface area contributed by atoms with E-state index in [1.165, 1.54) is 10.6 Å². The number of carbonyl (C=O) groups is 1. The Morgan fingerprint density at radius 1 is 1.47 bits per heavy atom. The summed E-state index contributed by atoms with van der Waals surface area (Å²) in [5.41, 5.74) is -0.712. The van der Waals surface area contributed by atoms with Gasteiger partial charge in [-0.3, -0.25) is 9.20 Å². The summed E-state index contributed by atoms with van der Waals surface area (Å²) in [4.78, 5) is 25.4. The average molecular weight is 265 g/mol. The summed E-state index contributed by atoms with van der Waals surface area (Å²) < 4.78 is 6.61. The second-order valence-corrected chi connectivity index (χ2v) is 4.95. The maximum atomic E-state index is 11.5. The van der Waals surface area contributed by atoms with E-state index < -0.39 is 11.7 Å². The molecule has 19 heavy (non-hydrogen) atoms. The number of aromatic nitrogens is 4. The third-order valence-electron chi connectivity index (χ3n) is 2.20. The lowest BCUT2D eigenvalue weighted by Gasteiger charge is -2.19. The van der Waals surface area contributed by atoms with Crippen LogP contribution < -0.4 is 10.9 Å². The molecule has 0 fully saturated rings. The van der Waals surface area contributed by atoms with Gasteiger partial charge in [-0.1, -0.05) is 0 Å². The topological polar surface area (TPSA) is 101 Å². The number of amides is 1. The lowest BCUT2D eigenvalue weighted by atomic mass is 10.2. The quantitative estimate of drug-likeness (QED) is 0.820. The number of alkyl carbamates (subject to hydrolysis) is 1. The number of rotatable bonds is 2. The summed E-state index contributed by atoms with van der Waals surface area (Å²) in [6.07, 6.45) is 2.55. The van der Waals surface area contributed by atoms with Crippen LogP contribution in [-0.2, 0) is 11.3 Å². The molecule has 0 aliphatic heterocycles. The molecule has 0 aliphatic rings. The summed E-state index contributed by atoms with van der Waals surface area (Å²) in [6.45, 7) is 5.45. The van der Waals surface area contributed by atoms with Gasteiger partial charge in [0.15, 0.2) is 5.82 Å². The predicted molar refractivity (Wildman–Crippen MR) is 66.7 cm³/mol. The van der Waals surface area contributed by atoms with Gasteiger partial charge in [-0.2, -0.15) is 0 Å². The number of H-pyrrole nitrogens is 1. The summed E-state index contributed by atoms with van der Waals surface area (Å²) >= 11 is 0. The molecule has 0 aromatic carbocycles. The van der Waals surface area contributed by atoms with Crippen molar-refractivity contribution in [3.8, 4) is 0 Å². The smallest absolute Gasteiger partial charge is 0.408 e. The molecule has 2 rings (SSSR count). The molecule has 0 saturated carbocycles. The number of hydrogen-bond donors (Lipinski definition) is 2. The van der Waals surface area contributed by atoms with Gasteiger partial charge in [0.05, 0.1) is 6.54 Å². The second-order valence-electron chi connectivity index (χ2n) is 4.95. The first-order chi connectivity index (χ1) is 8.87. The van der Waals surface area contributed by atoms with Crippen molar-refractivity contribution in [3.63, 3.8) is 0 Å². The fraction of sp³-hybridized carbons (Fsp3) is 0.455. The zero-order valence-electron chi connectivity index (χ0n) is 10.9. The van der Waals surface area contributed by atoms with Gasteiger partial charge in [0, 0.05) is 12.4 Å². The van der Waals surface area contributed by atoms with E-state index in [1.54, 1.807) is 27.0 Å². The van der Waals surface area contributed by atoms with Crippen LogP contribution in [0.5, 0.6) is 0 Å². The molecule has 2 N–H and O–H groups in total. The predicted octanol–water partition coefficient (Wildman–Crippen LogP) is 0.442. The molecular weight excluding hydrogens is 250 g/mol. The largest absolute Gasteiger partial charge is 0.444 e. The Hall–Kier alpha value is -2.38. The highest BCUT2D eigenvalue weighted by atomic mass is 16.6. The number of carbonyl (C=O) groups excluding carboxylic acids is 1. The number of hydrogen-bond acceptors (Lipinski definition) is 5. The van der Waals surface area contributed by atoms with E-state index in [0.717, 1.165) is 0 Å². The maximum absolute atomic E-state index is 11.5. The SMILES string of the molecule is CC(C)(C)OC(=O)NCc1nnc2c(=O)[nH]ccn12. The van der Waals surface area contributed by atoms with Gasteiger partial charge in [-0.15, -0.1) is 10.2 Å². The number of ether oxygens (including phenoxy) is 1. The average Bonchev–Trinajstić information content (AvgIpc) is 2.69. The number of fused-ring (bicyclic) bond motifs is 1. The molecule has 1 amide bonds.